The molecular formula is C34H34LiNO3S. The molecule has 4 aromatic rings. The number of amides is 1. The minimum Gasteiger partial charge on any atom is -1.00 e. The number of rotatable bonds is 11. The molecule has 1 unspecified atom stereocenters. The number of thioether (sulfide) groups is 1. The number of aryl methyl sites for hydroxylation is 1. The van der Waals surface area contributed by atoms with Crippen LogP contribution >= 0.6 is 11.8 Å². The smallest absolute Gasteiger partial charge is 1.00 e. The number of carbonyl (C=O) groups is 2. The molecule has 1 atom stereocenters. The summed E-state index contributed by atoms with van der Waals surface area (Å²) in [7, 11) is 0. The van der Waals surface area contributed by atoms with Gasteiger partial charge in [0.25, 0.3) is 5.91 Å². The maximum Gasteiger partial charge on any atom is 1.00 e. The SMILES string of the molecule is CSCCC(NC(=O)c1ccc(C=Cc2ccccc2Cc2ccccc2)cc1-c1ccccc1C)C(=O)O.[H-].[Li+]. The Hall–Kier alpha value is -3.49. The Kier molecular flexibility index (Phi) is 11.9. The van der Waals surface area contributed by atoms with Crippen LogP contribution in [0.3, 0.4) is 0 Å². The molecule has 4 aromatic carbocycles. The molecule has 0 saturated heterocycles. The molecule has 0 aliphatic rings. The molecule has 40 heavy (non-hydrogen) atoms. The van der Waals surface area contributed by atoms with Crippen LogP contribution in [0.4, 0.5) is 0 Å². The standard InChI is InChI=1S/C34H33NO3S.Li.H/c1-24-10-6-9-15-29(24)31-23-26(17-19-30(31)33(36)35-32(34(37)38)20-21-39-2)16-18-27-13-7-8-14-28(27)22-25-11-4-3-5-12-25;;/h3-19,23,32H,20-22H2,1-2H3,(H,35,36)(H,37,38);;/q;+1;-1. The van der Waals surface area contributed by atoms with Crippen LogP contribution in [0, 0.1) is 6.92 Å². The Balaban J connectivity index is 0.00000294. The van der Waals surface area contributed by atoms with Gasteiger partial charge in [-0.2, -0.15) is 11.8 Å². The second-order valence-electron chi connectivity index (χ2n) is 9.46. The first-order valence-electron chi connectivity index (χ1n) is 13.0. The number of aliphatic carboxylic acids is 1. The van der Waals surface area contributed by atoms with E-state index in [1.807, 2.05) is 61.7 Å². The fraction of sp³-hybridized carbons (Fsp3) is 0.176. The fourth-order valence-corrected chi connectivity index (χ4v) is 5.02. The van der Waals surface area contributed by atoms with Gasteiger partial charge in [-0.25, -0.2) is 4.79 Å². The third kappa shape index (κ3) is 8.26. The average molecular weight is 544 g/mol. The minimum atomic E-state index is -1.02. The molecule has 0 fully saturated rings. The van der Waals surface area contributed by atoms with E-state index in [1.54, 1.807) is 17.8 Å². The summed E-state index contributed by atoms with van der Waals surface area (Å²) in [6.07, 6.45) is 7.30. The number of nitrogens with one attached hydrogen (secondary N) is 1. The first-order valence-corrected chi connectivity index (χ1v) is 14.4. The van der Waals surface area contributed by atoms with Crippen molar-refractivity contribution in [1.82, 2.24) is 5.32 Å². The van der Waals surface area contributed by atoms with Gasteiger partial charge in [0.1, 0.15) is 6.04 Å². The quantitative estimate of drug-likeness (QED) is 0.216. The predicted molar refractivity (Wildman–Crippen MR) is 164 cm³/mol. The van der Waals surface area contributed by atoms with Crippen molar-refractivity contribution in [2.24, 2.45) is 0 Å². The van der Waals surface area contributed by atoms with Gasteiger partial charge in [0.15, 0.2) is 0 Å². The molecule has 1 amide bonds. The summed E-state index contributed by atoms with van der Waals surface area (Å²) >= 11 is 1.56. The van der Waals surface area contributed by atoms with E-state index in [0.29, 0.717) is 17.7 Å². The zero-order valence-corrected chi connectivity index (χ0v) is 24.1. The van der Waals surface area contributed by atoms with E-state index in [-0.39, 0.29) is 26.2 Å². The normalized spacial score (nSPS) is 11.6. The van der Waals surface area contributed by atoms with Crippen LogP contribution in [-0.4, -0.2) is 35.0 Å². The molecule has 0 heterocycles. The zero-order valence-electron chi connectivity index (χ0n) is 24.3. The first-order chi connectivity index (χ1) is 19.0. The van der Waals surface area contributed by atoms with Crippen molar-refractivity contribution < 1.29 is 35.0 Å². The van der Waals surface area contributed by atoms with Gasteiger partial charge in [-0.1, -0.05) is 97.1 Å². The maximum atomic E-state index is 13.3. The van der Waals surface area contributed by atoms with E-state index in [2.05, 4.69) is 59.9 Å². The van der Waals surface area contributed by atoms with Crippen molar-refractivity contribution in [3.63, 3.8) is 0 Å². The third-order valence-electron chi connectivity index (χ3n) is 6.69. The van der Waals surface area contributed by atoms with E-state index >= 15 is 0 Å². The molecule has 4 nitrogen and oxygen atoms in total. The van der Waals surface area contributed by atoms with E-state index in [4.69, 9.17) is 0 Å². The van der Waals surface area contributed by atoms with Crippen LogP contribution in [0.1, 0.15) is 46.0 Å². The summed E-state index contributed by atoms with van der Waals surface area (Å²) in [5, 5.41) is 12.4. The second-order valence-corrected chi connectivity index (χ2v) is 10.4. The van der Waals surface area contributed by atoms with Gasteiger partial charge < -0.3 is 11.8 Å². The van der Waals surface area contributed by atoms with Crippen LogP contribution in [0.2, 0.25) is 0 Å². The van der Waals surface area contributed by atoms with Gasteiger partial charge in [0, 0.05) is 5.56 Å². The molecule has 0 radical (unpaired) electrons. The van der Waals surface area contributed by atoms with Crippen molar-refractivity contribution in [3.8, 4) is 11.1 Å². The van der Waals surface area contributed by atoms with Gasteiger partial charge in [0.2, 0.25) is 0 Å². The molecule has 0 spiro atoms. The summed E-state index contributed by atoms with van der Waals surface area (Å²) in [4.78, 5) is 25.1. The van der Waals surface area contributed by atoms with Gasteiger partial charge in [-0.3, -0.25) is 4.79 Å². The summed E-state index contributed by atoms with van der Waals surface area (Å²) in [5.74, 6) is -0.758. The summed E-state index contributed by atoms with van der Waals surface area (Å²) < 4.78 is 0. The average Bonchev–Trinajstić information content (AvgIpc) is 2.95. The van der Waals surface area contributed by atoms with Crippen LogP contribution < -0.4 is 24.2 Å². The van der Waals surface area contributed by atoms with Crippen molar-refractivity contribution in [2.45, 2.75) is 25.8 Å². The summed E-state index contributed by atoms with van der Waals surface area (Å²) in [6, 6.07) is 31.4. The van der Waals surface area contributed by atoms with Gasteiger partial charge in [0.05, 0.1) is 0 Å². The Morgan fingerprint density at radius 3 is 2.33 bits per heavy atom. The Morgan fingerprint density at radius 1 is 0.900 bits per heavy atom. The van der Waals surface area contributed by atoms with E-state index in [0.717, 1.165) is 34.2 Å². The summed E-state index contributed by atoms with van der Waals surface area (Å²) in [5.41, 5.74) is 7.81. The van der Waals surface area contributed by atoms with Crippen molar-refractivity contribution in [2.75, 3.05) is 12.0 Å². The second kappa shape index (κ2) is 15.3. The molecule has 0 aliphatic heterocycles. The topological polar surface area (TPSA) is 66.4 Å². The van der Waals surface area contributed by atoms with Crippen molar-refractivity contribution in [1.29, 1.82) is 0 Å². The van der Waals surface area contributed by atoms with Crippen LogP contribution in [0.5, 0.6) is 0 Å². The number of benzene rings is 4. The molecule has 2 N–H and O–H groups in total. The number of hydrogen-bond acceptors (Lipinski definition) is 3. The first kappa shape index (κ1) is 31.0. The molecule has 4 rings (SSSR count). The van der Waals surface area contributed by atoms with Gasteiger partial charge in [-0.05, 0) is 82.9 Å². The van der Waals surface area contributed by atoms with Crippen molar-refractivity contribution >= 4 is 35.8 Å². The molecule has 0 saturated carbocycles. The fourth-order valence-electron chi connectivity index (χ4n) is 4.55. The number of carboxylic acids is 1. The largest absolute Gasteiger partial charge is 1.00 e. The number of carboxylic acid groups (broad SMARTS) is 1. The van der Waals surface area contributed by atoms with Crippen LogP contribution in [0.25, 0.3) is 23.3 Å². The number of carbonyl (C=O) groups excluding carboxylic acids is 1. The maximum absolute atomic E-state index is 13.3. The van der Waals surface area contributed by atoms with Crippen molar-refractivity contribution in [3.05, 3.63) is 130 Å². The number of hydrogen-bond donors (Lipinski definition) is 2. The Bertz CT molecular complexity index is 1480. The predicted octanol–water partition coefficient (Wildman–Crippen LogP) is 4.48. The van der Waals surface area contributed by atoms with E-state index in [9.17, 15) is 14.7 Å². The Labute approximate surface area is 254 Å². The van der Waals surface area contributed by atoms with Gasteiger partial charge in [-0.15, -0.1) is 0 Å². The van der Waals surface area contributed by atoms with Gasteiger partial charge >= 0.3 is 24.8 Å². The third-order valence-corrected chi connectivity index (χ3v) is 7.33. The van der Waals surface area contributed by atoms with Crippen LogP contribution in [-0.2, 0) is 11.2 Å². The minimum absolute atomic E-state index is 0. The molecule has 200 valence electrons. The molecular weight excluding hydrogens is 509 g/mol. The molecule has 0 aliphatic carbocycles. The molecule has 0 aromatic heterocycles. The molecule has 6 heteroatoms. The monoisotopic (exact) mass is 543 g/mol. The van der Waals surface area contributed by atoms with E-state index in [1.165, 1.54) is 11.1 Å². The Morgan fingerprint density at radius 2 is 1.60 bits per heavy atom. The zero-order chi connectivity index (χ0) is 27.6. The summed E-state index contributed by atoms with van der Waals surface area (Å²) in [6.45, 7) is 2.01. The molecule has 0 bridgehead atoms. The van der Waals surface area contributed by atoms with Crippen LogP contribution in [0.15, 0.2) is 97.1 Å². The van der Waals surface area contributed by atoms with E-state index < -0.39 is 12.0 Å².